The smallest absolute Gasteiger partial charge is 0.275 e. The molecular formula is C27H26BrClN4O2. The van der Waals surface area contributed by atoms with Gasteiger partial charge in [-0.3, -0.25) is 14.2 Å². The zero-order valence-electron chi connectivity index (χ0n) is 19.9. The van der Waals surface area contributed by atoms with Crippen LogP contribution in [0.3, 0.4) is 0 Å². The maximum Gasteiger partial charge on any atom is 0.275 e. The molecule has 0 saturated carbocycles. The van der Waals surface area contributed by atoms with E-state index in [0.29, 0.717) is 45.7 Å². The third-order valence-corrected chi connectivity index (χ3v) is 7.70. The summed E-state index contributed by atoms with van der Waals surface area (Å²) >= 11 is 10.0. The molecule has 1 aliphatic rings. The van der Waals surface area contributed by atoms with Gasteiger partial charge in [-0.2, -0.15) is 5.26 Å². The van der Waals surface area contributed by atoms with Crippen LogP contribution in [-0.4, -0.2) is 41.1 Å². The number of carbonyl (C=O) groups is 1. The number of fused-ring (bicyclic) bond motifs is 1. The Hall–Kier alpha value is -3.08. The van der Waals surface area contributed by atoms with Crippen LogP contribution in [0.2, 0.25) is 5.02 Å². The average Bonchev–Trinajstić information content (AvgIpc) is 2.84. The maximum absolute atomic E-state index is 14.0. The van der Waals surface area contributed by atoms with E-state index in [4.69, 9.17) is 11.6 Å². The molecule has 180 valence electrons. The minimum absolute atomic E-state index is 0.0600. The summed E-state index contributed by atoms with van der Waals surface area (Å²) in [5.41, 5.74) is 2.63. The van der Waals surface area contributed by atoms with E-state index < -0.39 is 0 Å². The van der Waals surface area contributed by atoms with Crippen LogP contribution in [0.4, 0.5) is 5.69 Å². The number of hydrogen-bond donors (Lipinski definition) is 0. The molecule has 1 aromatic heterocycles. The summed E-state index contributed by atoms with van der Waals surface area (Å²) < 4.78 is 2.28. The summed E-state index contributed by atoms with van der Waals surface area (Å²) in [6.07, 6.45) is 1.31. The monoisotopic (exact) mass is 552 g/mol. The Morgan fingerprint density at radius 1 is 1.29 bits per heavy atom. The number of pyridine rings is 1. The lowest BCUT2D eigenvalue weighted by molar-refractivity contribution is -0.126. The minimum Gasteiger partial charge on any atom is -0.363 e. The molecule has 1 atom stereocenters. The van der Waals surface area contributed by atoms with Gasteiger partial charge in [0.15, 0.2) is 0 Å². The highest BCUT2D eigenvalue weighted by Gasteiger charge is 2.31. The van der Waals surface area contributed by atoms with Gasteiger partial charge in [0.05, 0.1) is 21.9 Å². The van der Waals surface area contributed by atoms with Crippen LogP contribution in [-0.2, 0) is 4.79 Å². The van der Waals surface area contributed by atoms with Crippen molar-refractivity contribution in [3.8, 4) is 11.8 Å². The molecule has 1 amide bonds. The maximum atomic E-state index is 14.0. The molecule has 0 unspecified atom stereocenters. The first-order valence-electron chi connectivity index (χ1n) is 11.4. The predicted octanol–water partition coefficient (Wildman–Crippen LogP) is 5.62. The van der Waals surface area contributed by atoms with Gasteiger partial charge in [-0.25, -0.2) is 0 Å². The third kappa shape index (κ3) is 4.37. The molecule has 2 heterocycles. The molecule has 6 nitrogen and oxygen atoms in total. The molecule has 3 aromatic rings. The Morgan fingerprint density at radius 2 is 2.00 bits per heavy atom. The molecule has 1 fully saturated rings. The van der Waals surface area contributed by atoms with E-state index >= 15 is 0 Å². The third-order valence-electron chi connectivity index (χ3n) is 6.50. The van der Waals surface area contributed by atoms with Gasteiger partial charge >= 0.3 is 0 Å². The van der Waals surface area contributed by atoms with Gasteiger partial charge < -0.3 is 9.80 Å². The number of benzene rings is 2. The molecule has 0 bridgehead atoms. The normalized spacial score (nSPS) is 16.0. The lowest BCUT2D eigenvalue weighted by atomic mass is 9.99. The lowest BCUT2D eigenvalue weighted by Crippen LogP contribution is -2.54. The number of piperazine rings is 1. The van der Waals surface area contributed by atoms with Crippen LogP contribution < -0.4 is 10.5 Å². The molecule has 0 N–H and O–H groups in total. The van der Waals surface area contributed by atoms with E-state index in [1.807, 2.05) is 42.2 Å². The standard InChI is InChI=1S/C27H26BrClN4O2/c1-5-25(34)31-10-11-32(17(4)15-31)26-19-12-22(29)21(28)13-24(19)33(27(35)20(26)14-30)23-9-7-6-8-18(23)16(2)3/h5-9,12-13,16-17H,1,10-11,15H2,2-4H3/t17-/m0/s1. The van der Waals surface area contributed by atoms with E-state index in [1.165, 1.54) is 6.08 Å². The van der Waals surface area contributed by atoms with E-state index in [9.17, 15) is 14.9 Å². The van der Waals surface area contributed by atoms with Gasteiger partial charge in [-0.15, -0.1) is 0 Å². The van der Waals surface area contributed by atoms with E-state index in [0.717, 1.165) is 11.3 Å². The Morgan fingerprint density at radius 3 is 2.63 bits per heavy atom. The highest BCUT2D eigenvalue weighted by molar-refractivity contribution is 9.10. The quantitative estimate of drug-likeness (QED) is 0.393. The van der Waals surface area contributed by atoms with Crippen molar-refractivity contribution in [2.45, 2.75) is 32.7 Å². The van der Waals surface area contributed by atoms with Crippen LogP contribution in [0.1, 0.15) is 37.8 Å². The van der Waals surface area contributed by atoms with Crippen molar-refractivity contribution in [3.05, 3.63) is 80.0 Å². The lowest BCUT2D eigenvalue weighted by Gasteiger charge is -2.41. The van der Waals surface area contributed by atoms with Crippen molar-refractivity contribution < 1.29 is 4.79 Å². The number of hydrogen-bond acceptors (Lipinski definition) is 4. The molecule has 0 spiro atoms. The van der Waals surface area contributed by atoms with Gasteiger partial charge in [-0.1, -0.05) is 50.2 Å². The highest BCUT2D eigenvalue weighted by Crippen LogP contribution is 2.38. The second-order valence-electron chi connectivity index (χ2n) is 9.00. The molecule has 1 aliphatic heterocycles. The SMILES string of the molecule is C=CC(=O)N1CCN(c2c(C#N)c(=O)n(-c3ccccc3C(C)C)c3cc(Br)c(Cl)cc23)[C@@H](C)C1. The molecule has 8 heteroatoms. The van der Waals surface area contributed by atoms with Crippen molar-refractivity contribution in [1.82, 2.24) is 9.47 Å². The first kappa shape index (κ1) is 25.0. The highest BCUT2D eigenvalue weighted by atomic mass is 79.9. The van der Waals surface area contributed by atoms with Crippen molar-refractivity contribution >= 4 is 50.0 Å². The second kappa shape index (κ2) is 9.88. The van der Waals surface area contributed by atoms with Crippen LogP contribution in [0.5, 0.6) is 0 Å². The number of carbonyl (C=O) groups excluding carboxylic acids is 1. The topological polar surface area (TPSA) is 69.3 Å². The summed E-state index contributed by atoms with van der Waals surface area (Å²) in [7, 11) is 0. The Bertz CT molecular complexity index is 1440. The fourth-order valence-electron chi connectivity index (χ4n) is 4.80. The minimum atomic E-state index is -0.380. The number of nitriles is 1. The van der Waals surface area contributed by atoms with Gasteiger partial charge in [0.25, 0.3) is 5.56 Å². The number of nitrogens with zero attached hydrogens (tertiary/aromatic N) is 4. The van der Waals surface area contributed by atoms with Crippen LogP contribution in [0.15, 0.2) is 58.3 Å². The Labute approximate surface area is 218 Å². The summed E-state index contributed by atoms with van der Waals surface area (Å²) in [5.74, 6) is 0.0409. The molecule has 0 aliphatic carbocycles. The molecule has 35 heavy (non-hydrogen) atoms. The zero-order chi connectivity index (χ0) is 25.4. The number of rotatable bonds is 4. The summed E-state index contributed by atoms with van der Waals surface area (Å²) in [5, 5.41) is 11.4. The molecule has 1 saturated heterocycles. The average molecular weight is 554 g/mol. The van der Waals surface area contributed by atoms with E-state index in [1.54, 1.807) is 15.5 Å². The number of para-hydroxylation sites is 1. The first-order valence-corrected chi connectivity index (χ1v) is 12.6. The molecule has 4 rings (SSSR count). The summed E-state index contributed by atoms with van der Waals surface area (Å²) in [4.78, 5) is 29.9. The Balaban J connectivity index is 2.04. The number of aromatic nitrogens is 1. The molecule has 0 radical (unpaired) electrons. The fraction of sp³-hybridized carbons (Fsp3) is 0.296. The first-order chi connectivity index (χ1) is 16.7. The predicted molar refractivity (Wildman–Crippen MR) is 145 cm³/mol. The van der Waals surface area contributed by atoms with Gasteiger partial charge in [0.1, 0.15) is 11.6 Å². The van der Waals surface area contributed by atoms with Crippen LogP contribution >= 0.6 is 27.5 Å². The van der Waals surface area contributed by atoms with Crippen LogP contribution in [0, 0.1) is 11.3 Å². The van der Waals surface area contributed by atoms with Gasteiger partial charge in [0, 0.05) is 35.5 Å². The number of anilines is 1. The van der Waals surface area contributed by atoms with Crippen molar-refractivity contribution in [2.75, 3.05) is 24.5 Å². The van der Waals surface area contributed by atoms with E-state index in [2.05, 4.69) is 42.4 Å². The van der Waals surface area contributed by atoms with Crippen molar-refractivity contribution in [2.24, 2.45) is 0 Å². The van der Waals surface area contributed by atoms with E-state index in [-0.39, 0.29) is 29.0 Å². The number of halogens is 2. The number of amides is 1. The Kier molecular flexibility index (Phi) is 7.07. The largest absolute Gasteiger partial charge is 0.363 e. The molecule has 2 aromatic carbocycles. The summed E-state index contributed by atoms with van der Waals surface area (Å²) in [6, 6.07) is 13.5. The molecular weight excluding hydrogens is 528 g/mol. The van der Waals surface area contributed by atoms with Gasteiger partial charge in [-0.05, 0) is 58.6 Å². The zero-order valence-corrected chi connectivity index (χ0v) is 22.2. The fourth-order valence-corrected chi connectivity index (χ4v) is 5.30. The summed E-state index contributed by atoms with van der Waals surface area (Å²) in [6.45, 7) is 11.1. The van der Waals surface area contributed by atoms with Crippen molar-refractivity contribution in [3.63, 3.8) is 0 Å². The second-order valence-corrected chi connectivity index (χ2v) is 10.3. The van der Waals surface area contributed by atoms with Gasteiger partial charge in [0.2, 0.25) is 5.91 Å². The van der Waals surface area contributed by atoms with Crippen molar-refractivity contribution in [1.29, 1.82) is 5.26 Å². The van der Waals surface area contributed by atoms with Crippen LogP contribution in [0.25, 0.3) is 16.6 Å².